The molecule has 8 heteroatoms. The summed E-state index contributed by atoms with van der Waals surface area (Å²) in [4.78, 5) is 11.2. The number of hydrogen-bond acceptors (Lipinski definition) is 6. The maximum atomic E-state index is 13.0. The van der Waals surface area contributed by atoms with Crippen LogP contribution in [0, 0.1) is 0 Å². The number of benzene rings is 3. The number of aromatic nitrogens is 2. The Kier molecular flexibility index (Phi) is 6.74. The molecule has 4 aromatic rings. The number of nitrogens with one attached hydrogen (secondary N) is 1. The van der Waals surface area contributed by atoms with Gasteiger partial charge < -0.3 is 9.64 Å². The zero-order chi connectivity index (χ0) is 23.3. The third kappa shape index (κ3) is 5.40. The van der Waals surface area contributed by atoms with Gasteiger partial charge >= 0.3 is 0 Å². The largest absolute Gasteiger partial charge is 0.473 e. The number of hydrogen-bond donors (Lipinski definition) is 1. The van der Waals surface area contributed by atoms with Crippen LogP contribution in [0.1, 0.15) is 12.5 Å². The Morgan fingerprint density at radius 2 is 1.52 bits per heavy atom. The van der Waals surface area contributed by atoms with Crippen molar-refractivity contribution in [3.05, 3.63) is 84.4 Å². The Bertz CT molecular complexity index is 1330. The smallest absolute Gasteiger partial charge is 0.263 e. The van der Waals surface area contributed by atoms with Gasteiger partial charge in [-0.25, -0.2) is 18.4 Å². The van der Waals surface area contributed by atoms with Gasteiger partial charge in [0.05, 0.1) is 22.5 Å². The summed E-state index contributed by atoms with van der Waals surface area (Å²) in [6, 6.07) is 24.0. The fourth-order valence-electron chi connectivity index (χ4n) is 3.33. The van der Waals surface area contributed by atoms with E-state index < -0.39 is 10.0 Å². The quantitative estimate of drug-likeness (QED) is 0.394. The molecule has 0 spiro atoms. The molecule has 33 heavy (non-hydrogen) atoms. The molecule has 0 bridgehead atoms. The molecule has 0 saturated heterocycles. The fourth-order valence-corrected chi connectivity index (χ4v) is 4.33. The van der Waals surface area contributed by atoms with Crippen molar-refractivity contribution in [1.29, 1.82) is 0 Å². The van der Waals surface area contributed by atoms with E-state index in [1.165, 1.54) is 0 Å². The molecule has 0 unspecified atom stereocenters. The molecule has 0 aliphatic rings. The van der Waals surface area contributed by atoms with Gasteiger partial charge in [-0.2, -0.15) is 0 Å². The Morgan fingerprint density at radius 3 is 2.18 bits per heavy atom. The van der Waals surface area contributed by atoms with Gasteiger partial charge in [-0.15, -0.1) is 0 Å². The second-order valence-electron chi connectivity index (χ2n) is 7.57. The van der Waals surface area contributed by atoms with Gasteiger partial charge in [-0.3, -0.25) is 4.72 Å². The van der Waals surface area contributed by atoms with E-state index in [0.29, 0.717) is 24.2 Å². The van der Waals surface area contributed by atoms with Crippen LogP contribution in [0.2, 0.25) is 0 Å². The minimum Gasteiger partial charge on any atom is -0.473 e. The minimum atomic E-state index is -3.86. The summed E-state index contributed by atoms with van der Waals surface area (Å²) in [5.74, 6) is 0.208. The predicted octanol–water partition coefficient (Wildman–Crippen LogP) is 4.51. The molecule has 0 amide bonds. The van der Waals surface area contributed by atoms with Crippen LogP contribution >= 0.6 is 0 Å². The Hall–Kier alpha value is -3.65. The molecule has 1 N–H and O–H groups in total. The van der Waals surface area contributed by atoms with E-state index in [0.717, 1.165) is 17.7 Å². The van der Waals surface area contributed by atoms with E-state index in [9.17, 15) is 8.42 Å². The van der Waals surface area contributed by atoms with Gasteiger partial charge in [0.2, 0.25) is 5.82 Å². The van der Waals surface area contributed by atoms with E-state index in [1.54, 1.807) is 30.3 Å². The first kappa shape index (κ1) is 22.5. The first-order chi connectivity index (χ1) is 16.0. The van der Waals surface area contributed by atoms with Crippen LogP contribution < -0.4 is 14.4 Å². The van der Waals surface area contributed by atoms with Crippen molar-refractivity contribution in [2.24, 2.45) is 0 Å². The summed E-state index contributed by atoms with van der Waals surface area (Å²) in [6.45, 7) is 2.91. The molecule has 1 aromatic heterocycles. The van der Waals surface area contributed by atoms with E-state index >= 15 is 0 Å². The van der Waals surface area contributed by atoms with Crippen molar-refractivity contribution in [2.45, 2.75) is 18.2 Å². The van der Waals surface area contributed by atoms with Crippen molar-refractivity contribution < 1.29 is 13.2 Å². The number of ether oxygens (including phenoxy) is 1. The highest BCUT2D eigenvalue weighted by Crippen LogP contribution is 2.26. The van der Waals surface area contributed by atoms with Crippen LogP contribution in [-0.2, 0) is 16.4 Å². The van der Waals surface area contributed by atoms with Crippen LogP contribution in [0.15, 0.2) is 83.8 Å². The van der Waals surface area contributed by atoms with Crippen molar-refractivity contribution in [1.82, 2.24) is 9.97 Å². The summed E-state index contributed by atoms with van der Waals surface area (Å²) in [6.07, 6.45) is 0.833. The van der Waals surface area contributed by atoms with Crippen molar-refractivity contribution >= 4 is 32.6 Å². The number of sulfonamides is 1. The molecule has 7 nitrogen and oxygen atoms in total. The summed E-state index contributed by atoms with van der Waals surface area (Å²) in [7, 11) is -1.89. The van der Waals surface area contributed by atoms with Crippen LogP contribution in [0.25, 0.3) is 11.0 Å². The van der Waals surface area contributed by atoms with Crippen LogP contribution in [0.5, 0.6) is 5.88 Å². The molecule has 0 atom stereocenters. The second-order valence-corrected chi connectivity index (χ2v) is 9.26. The minimum absolute atomic E-state index is 0.0654. The Balaban J connectivity index is 1.57. The molecule has 3 aromatic carbocycles. The maximum absolute atomic E-state index is 13.0. The molecule has 0 fully saturated rings. The first-order valence-electron chi connectivity index (χ1n) is 10.7. The lowest BCUT2D eigenvalue weighted by Crippen LogP contribution is -2.24. The molecule has 0 aliphatic heterocycles. The predicted molar refractivity (Wildman–Crippen MR) is 131 cm³/mol. The molecular weight excluding hydrogens is 436 g/mol. The first-order valence-corrected chi connectivity index (χ1v) is 12.2. The maximum Gasteiger partial charge on any atom is 0.263 e. The molecule has 0 saturated carbocycles. The second kappa shape index (κ2) is 9.87. The van der Waals surface area contributed by atoms with Crippen molar-refractivity contribution in [3.63, 3.8) is 0 Å². The average molecular weight is 463 g/mol. The number of fused-ring (bicyclic) bond motifs is 1. The van der Waals surface area contributed by atoms with Crippen LogP contribution in [-0.4, -0.2) is 38.6 Å². The molecule has 1 heterocycles. The Morgan fingerprint density at radius 1 is 0.879 bits per heavy atom. The Labute approximate surface area is 194 Å². The van der Waals surface area contributed by atoms with Gasteiger partial charge in [-0.05, 0) is 48.4 Å². The lowest BCUT2D eigenvalue weighted by molar-refractivity contribution is 0.315. The number of anilines is 2. The lowest BCUT2D eigenvalue weighted by atomic mass is 10.2. The normalized spacial score (nSPS) is 11.3. The number of aryl methyl sites for hydroxylation is 1. The monoisotopic (exact) mass is 462 g/mol. The van der Waals surface area contributed by atoms with Crippen LogP contribution in [0.4, 0.5) is 11.5 Å². The van der Waals surface area contributed by atoms with Gasteiger partial charge in [0.1, 0.15) is 6.61 Å². The molecule has 4 rings (SSSR count). The highest BCUT2D eigenvalue weighted by atomic mass is 32.2. The molecular formula is C25H26N4O3S. The van der Waals surface area contributed by atoms with Crippen molar-refractivity contribution in [3.8, 4) is 5.88 Å². The third-order valence-electron chi connectivity index (χ3n) is 5.27. The zero-order valence-electron chi connectivity index (χ0n) is 18.6. The summed E-state index contributed by atoms with van der Waals surface area (Å²) in [5.41, 5.74) is 3.32. The van der Waals surface area contributed by atoms with E-state index in [4.69, 9.17) is 4.74 Å². The third-order valence-corrected chi connectivity index (χ3v) is 6.63. The van der Waals surface area contributed by atoms with Gasteiger partial charge in [0.15, 0.2) is 0 Å². The number of likely N-dealkylation sites (N-methyl/N-ethyl adjacent to an activating group) is 1. The lowest BCUT2D eigenvalue weighted by Gasteiger charge is -2.19. The summed E-state index contributed by atoms with van der Waals surface area (Å²) >= 11 is 0. The van der Waals surface area contributed by atoms with Gasteiger partial charge in [-0.1, -0.05) is 49.4 Å². The van der Waals surface area contributed by atoms with E-state index in [1.807, 2.05) is 67.4 Å². The SMILES string of the molecule is CCc1ccc(S(=O)(=O)Nc2nc3ccccc3nc2OCCN(C)c2ccccc2)cc1. The van der Waals surface area contributed by atoms with Crippen molar-refractivity contribution in [2.75, 3.05) is 29.8 Å². The van der Waals surface area contributed by atoms with Gasteiger partial charge in [0, 0.05) is 12.7 Å². The highest BCUT2D eigenvalue weighted by Gasteiger charge is 2.20. The van der Waals surface area contributed by atoms with E-state index in [2.05, 4.69) is 14.7 Å². The molecule has 170 valence electrons. The average Bonchev–Trinajstić information content (AvgIpc) is 2.84. The van der Waals surface area contributed by atoms with Gasteiger partial charge in [0.25, 0.3) is 15.9 Å². The number of para-hydroxylation sites is 3. The number of nitrogens with zero attached hydrogens (tertiary/aromatic N) is 3. The number of rotatable bonds is 9. The summed E-state index contributed by atoms with van der Waals surface area (Å²) < 4.78 is 34.5. The molecule has 0 radical (unpaired) electrons. The topological polar surface area (TPSA) is 84.4 Å². The highest BCUT2D eigenvalue weighted by molar-refractivity contribution is 7.92. The zero-order valence-corrected chi connectivity index (χ0v) is 19.4. The van der Waals surface area contributed by atoms with Crippen LogP contribution in [0.3, 0.4) is 0 Å². The fraction of sp³-hybridized carbons (Fsp3) is 0.200. The van der Waals surface area contributed by atoms with E-state index in [-0.39, 0.29) is 16.6 Å². The molecule has 0 aliphatic carbocycles. The standard InChI is InChI=1S/C25H26N4O3S/c1-3-19-13-15-21(16-14-19)33(30,31)28-24-25(27-23-12-8-7-11-22(23)26-24)32-18-17-29(2)20-9-5-4-6-10-20/h4-16H,3,17-18H2,1-2H3,(H,26,28). The summed E-state index contributed by atoms with van der Waals surface area (Å²) in [5, 5.41) is 0.